The maximum Gasteiger partial charge on any atom is 0.269 e. The number of rotatable bonds is 6. The Kier molecular flexibility index (Phi) is 6.19. The third kappa shape index (κ3) is 4.44. The highest BCUT2D eigenvalue weighted by Crippen LogP contribution is 2.29. The predicted molar refractivity (Wildman–Crippen MR) is 111 cm³/mol. The molecule has 0 saturated heterocycles. The molecule has 0 saturated carbocycles. The van der Waals surface area contributed by atoms with E-state index in [9.17, 15) is 13.2 Å². The zero-order chi connectivity index (χ0) is 20.3. The van der Waals surface area contributed by atoms with Crippen molar-refractivity contribution in [3.8, 4) is 0 Å². The lowest BCUT2D eigenvalue weighted by Gasteiger charge is -2.12. The molecule has 1 amide bonds. The number of nitrogens with one attached hydrogen (secondary N) is 2. The van der Waals surface area contributed by atoms with Gasteiger partial charge in [0.15, 0.2) is 0 Å². The normalized spacial score (nSPS) is 11.2. The van der Waals surface area contributed by atoms with Crippen molar-refractivity contribution in [3.63, 3.8) is 0 Å². The number of para-hydroxylation sites is 1. The van der Waals surface area contributed by atoms with Crippen molar-refractivity contribution < 1.29 is 13.2 Å². The van der Waals surface area contributed by atoms with Crippen LogP contribution in [0.4, 0.5) is 11.4 Å². The van der Waals surface area contributed by atoms with Crippen molar-refractivity contribution in [1.29, 1.82) is 0 Å². The molecule has 0 unspecified atom stereocenters. The summed E-state index contributed by atoms with van der Waals surface area (Å²) in [6.07, 6.45) is 0.557. The SMILES string of the molecule is CCc1nnsc1C(=O)Nc1ccc(Cl)c(S(=O)(=O)Nc2ccccc2Cl)c1. The third-order valence-corrected chi connectivity index (χ3v) is 6.64. The number of amides is 1. The van der Waals surface area contributed by atoms with Gasteiger partial charge in [0.05, 0.1) is 21.4 Å². The Hall–Kier alpha value is -2.20. The zero-order valence-electron chi connectivity index (χ0n) is 14.4. The van der Waals surface area contributed by atoms with E-state index in [1.165, 1.54) is 24.3 Å². The molecule has 3 rings (SSSR count). The number of aromatic nitrogens is 2. The summed E-state index contributed by atoms with van der Waals surface area (Å²) in [4.78, 5) is 12.6. The summed E-state index contributed by atoms with van der Waals surface area (Å²) >= 11 is 13.1. The Morgan fingerprint density at radius 2 is 1.89 bits per heavy atom. The lowest BCUT2D eigenvalue weighted by molar-refractivity contribution is 0.102. The van der Waals surface area contributed by atoms with Crippen LogP contribution < -0.4 is 10.0 Å². The number of carbonyl (C=O) groups is 1. The van der Waals surface area contributed by atoms with Crippen LogP contribution in [-0.2, 0) is 16.4 Å². The van der Waals surface area contributed by atoms with Gasteiger partial charge in [-0.1, -0.05) is 46.7 Å². The summed E-state index contributed by atoms with van der Waals surface area (Å²) in [6, 6.07) is 10.6. The van der Waals surface area contributed by atoms with Crippen LogP contribution in [0.15, 0.2) is 47.4 Å². The van der Waals surface area contributed by atoms with Gasteiger partial charge < -0.3 is 5.32 Å². The van der Waals surface area contributed by atoms with Crippen LogP contribution in [0.25, 0.3) is 0 Å². The fraction of sp³-hybridized carbons (Fsp3) is 0.118. The van der Waals surface area contributed by atoms with Crippen LogP contribution in [0.3, 0.4) is 0 Å². The number of hydrogen-bond donors (Lipinski definition) is 2. The number of halogens is 2. The Balaban J connectivity index is 1.89. The monoisotopic (exact) mass is 456 g/mol. The Bertz CT molecular complexity index is 1130. The molecule has 0 aliphatic rings. The Labute approximate surface area is 175 Å². The molecule has 2 N–H and O–H groups in total. The van der Waals surface area contributed by atoms with Crippen LogP contribution in [0, 0.1) is 0 Å². The number of aryl methyl sites for hydroxylation is 1. The molecule has 1 aromatic heterocycles. The van der Waals surface area contributed by atoms with Crippen LogP contribution in [0.1, 0.15) is 22.3 Å². The van der Waals surface area contributed by atoms with E-state index in [0.29, 0.717) is 17.0 Å². The first-order valence-electron chi connectivity index (χ1n) is 8.01. The molecule has 7 nitrogen and oxygen atoms in total. The first-order valence-corrected chi connectivity index (χ1v) is 11.0. The van der Waals surface area contributed by atoms with Gasteiger partial charge >= 0.3 is 0 Å². The number of anilines is 2. The van der Waals surface area contributed by atoms with Crippen LogP contribution in [-0.4, -0.2) is 23.9 Å². The van der Waals surface area contributed by atoms with E-state index in [4.69, 9.17) is 23.2 Å². The zero-order valence-corrected chi connectivity index (χ0v) is 17.6. The average Bonchev–Trinajstić information content (AvgIpc) is 3.14. The van der Waals surface area contributed by atoms with Crippen molar-refractivity contribution in [2.75, 3.05) is 10.0 Å². The van der Waals surface area contributed by atoms with E-state index in [-0.39, 0.29) is 26.3 Å². The van der Waals surface area contributed by atoms with Gasteiger partial charge in [-0.15, -0.1) is 5.10 Å². The summed E-state index contributed by atoms with van der Waals surface area (Å²) in [5.74, 6) is -0.420. The molecule has 0 radical (unpaired) electrons. The molecule has 0 bridgehead atoms. The summed E-state index contributed by atoms with van der Waals surface area (Å²) in [7, 11) is -4.03. The van der Waals surface area contributed by atoms with E-state index in [0.717, 1.165) is 11.5 Å². The van der Waals surface area contributed by atoms with E-state index in [1.807, 2.05) is 6.92 Å². The fourth-order valence-electron chi connectivity index (χ4n) is 2.33. The number of benzene rings is 2. The molecule has 0 atom stereocenters. The van der Waals surface area contributed by atoms with Crippen molar-refractivity contribution in [3.05, 3.63) is 63.1 Å². The first-order chi connectivity index (χ1) is 13.3. The van der Waals surface area contributed by atoms with Gasteiger partial charge in [0.1, 0.15) is 9.77 Å². The van der Waals surface area contributed by atoms with Crippen LogP contribution in [0.2, 0.25) is 10.0 Å². The van der Waals surface area contributed by atoms with Crippen molar-refractivity contribution in [2.45, 2.75) is 18.2 Å². The third-order valence-electron chi connectivity index (χ3n) is 3.69. The standard InChI is InChI=1S/C17H14Cl2N4O3S2/c1-2-13-16(27-23-21-13)17(24)20-10-7-8-12(19)15(9-10)28(25,26)22-14-6-4-3-5-11(14)18/h3-9,22H,2H2,1H3,(H,20,24). The molecule has 0 aliphatic heterocycles. The number of nitrogens with zero attached hydrogens (tertiary/aromatic N) is 2. The van der Waals surface area contributed by atoms with Gasteiger partial charge in [-0.3, -0.25) is 9.52 Å². The number of sulfonamides is 1. The minimum Gasteiger partial charge on any atom is -0.321 e. The highest BCUT2D eigenvalue weighted by Gasteiger charge is 2.21. The maximum absolute atomic E-state index is 12.8. The minimum absolute atomic E-state index is 0.00579. The van der Waals surface area contributed by atoms with E-state index >= 15 is 0 Å². The molecule has 11 heteroatoms. The topological polar surface area (TPSA) is 101 Å². The average molecular weight is 457 g/mol. The summed E-state index contributed by atoms with van der Waals surface area (Å²) in [5, 5.41) is 6.79. The molecule has 1 heterocycles. The molecule has 146 valence electrons. The van der Waals surface area contributed by atoms with Gasteiger partial charge in [-0.05, 0) is 48.3 Å². The molecule has 2 aromatic carbocycles. The van der Waals surface area contributed by atoms with Crippen LogP contribution in [0.5, 0.6) is 0 Å². The van der Waals surface area contributed by atoms with E-state index < -0.39 is 15.9 Å². The summed E-state index contributed by atoms with van der Waals surface area (Å²) < 4.78 is 31.7. The minimum atomic E-state index is -4.03. The number of carbonyl (C=O) groups excluding carboxylic acids is 1. The lowest BCUT2D eigenvalue weighted by Crippen LogP contribution is -2.16. The van der Waals surface area contributed by atoms with E-state index in [1.54, 1.807) is 18.2 Å². The van der Waals surface area contributed by atoms with Crippen LogP contribution >= 0.6 is 34.7 Å². The second-order valence-corrected chi connectivity index (χ2v) is 8.81. The van der Waals surface area contributed by atoms with Gasteiger partial charge in [0, 0.05) is 5.69 Å². The van der Waals surface area contributed by atoms with Crippen molar-refractivity contribution in [1.82, 2.24) is 9.59 Å². The first kappa shape index (κ1) is 20.5. The molecule has 0 fully saturated rings. The van der Waals surface area contributed by atoms with Gasteiger partial charge in [-0.2, -0.15) is 0 Å². The van der Waals surface area contributed by atoms with Gasteiger partial charge in [0.2, 0.25) is 0 Å². The molecule has 0 aliphatic carbocycles. The Morgan fingerprint density at radius 3 is 2.61 bits per heavy atom. The quantitative estimate of drug-likeness (QED) is 0.569. The molecule has 0 spiro atoms. The highest BCUT2D eigenvalue weighted by molar-refractivity contribution is 7.92. The lowest BCUT2D eigenvalue weighted by atomic mass is 10.2. The molecule has 28 heavy (non-hydrogen) atoms. The highest BCUT2D eigenvalue weighted by atomic mass is 35.5. The van der Waals surface area contributed by atoms with Gasteiger partial charge in [0.25, 0.3) is 15.9 Å². The number of hydrogen-bond acceptors (Lipinski definition) is 6. The molecular weight excluding hydrogens is 443 g/mol. The van der Waals surface area contributed by atoms with Crippen molar-refractivity contribution in [2.24, 2.45) is 0 Å². The molecule has 3 aromatic rings. The summed E-state index contributed by atoms with van der Waals surface area (Å²) in [6.45, 7) is 1.86. The maximum atomic E-state index is 12.8. The van der Waals surface area contributed by atoms with E-state index in [2.05, 4.69) is 19.6 Å². The fourth-order valence-corrected chi connectivity index (χ4v) is 4.82. The Morgan fingerprint density at radius 1 is 1.14 bits per heavy atom. The predicted octanol–water partition coefficient (Wildman–Crippen LogP) is 4.46. The largest absolute Gasteiger partial charge is 0.321 e. The second-order valence-electron chi connectivity index (χ2n) is 5.59. The summed E-state index contributed by atoms with van der Waals surface area (Å²) in [5.41, 5.74) is 1.06. The molecular formula is C17H14Cl2N4O3S2. The second kappa shape index (κ2) is 8.44. The smallest absolute Gasteiger partial charge is 0.269 e. The van der Waals surface area contributed by atoms with Crippen molar-refractivity contribution >= 4 is 62.0 Å². The van der Waals surface area contributed by atoms with Gasteiger partial charge in [-0.25, -0.2) is 8.42 Å².